The van der Waals surface area contributed by atoms with E-state index in [1.54, 1.807) is 24.3 Å². The van der Waals surface area contributed by atoms with Crippen molar-refractivity contribution in [2.75, 3.05) is 10.6 Å². The number of benzene rings is 2. The van der Waals surface area contributed by atoms with Gasteiger partial charge in [-0.3, -0.25) is 0 Å². The maximum absolute atomic E-state index is 12.1. The van der Waals surface area contributed by atoms with Gasteiger partial charge in [-0.05, 0) is 36.4 Å². The summed E-state index contributed by atoms with van der Waals surface area (Å²) in [6.45, 7) is 0. The summed E-state index contributed by atoms with van der Waals surface area (Å²) in [6.07, 6.45) is -0.919. The van der Waals surface area contributed by atoms with Gasteiger partial charge in [0, 0.05) is 15.8 Å². The van der Waals surface area contributed by atoms with Gasteiger partial charge in [0.25, 0.3) is 0 Å². The molecule has 8 heteroatoms. The van der Waals surface area contributed by atoms with Gasteiger partial charge in [0.1, 0.15) is 6.17 Å². The summed E-state index contributed by atoms with van der Waals surface area (Å²) < 4.78 is -0.815. The zero-order chi connectivity index (χ0) is 16.9. The first-order chi connectivity index (χ1) is 10.8. The molecule has 0 aliphatic carbocycles. The Labute approximate surface area is 157 Å². The fraction of sp³-hybridized carbons (Fsp3) is 0.133. The Kier molecular flexibility index (Phi) is 6.41. The number of nitrogens with one attached hydrogen (secondary N) is 3. The molecule has 3 N–H and O–H groups in total. The minimum absolute atomic E-state index is 0.489. The number of hydrogen-bond acceptors (Lipinski definition) is 2. The van der Waals surface area contributed by atoms with E-state index in [4.69, 9.17) is 34.8 Å². The Morgan fingerprint density at radius 2 is 1.57 bits per heavy atom. The van der Waals surface area contributed by atoms with Gasteiger partial charge in [0.2, 0.25) is 3.79 Å². The van der Waals surface area contributed by atoms with Crippen molar-refractivity contribution in [2.24, 2.45) is 0 Å². The SMILES string of the molecule is O=C(Nc1ccccc1)N[C@@H](Nc1ccc(Br)cc1)C(Cl)(Cl)Cl. The molecule has 0 radical (unpaired) electrons. The lowest BCUT2D eigenvalue weighted by molar-refractivity contribution is 0.249. The predicted octanol–water partition coefficient (Wildman–Crippen LogP) is 5.38. The zero-order valence-corrected chi connectivity index (χ0v) is 15.5. The molecular weight excluding hydrogens is 424 g/mol. The molecule has 0 fully saturated rings. The van der Waals surface area contributed by atoms with Gasteiger partial charge in [0.15, 0.2) is 0 Å². The first-order valence-electron chi connectivity index (χ1n) is 6.56. The molecule has 0 saturated carbocycles. The summed E-state index contributed by atoms with van der Waals surface area (Å²) in [5, 5.41) is 8.24. The fourth-order valence-electron chi connectivity index (χ4n) is 1.73. The molecule has 0 aliphatic heterocycles. The second kappa shape index (κ2) is 8.11. The Hall–Kier alpha value is -1.14. The number of para-hydroxylation sites is 1. The van der Waals surface area contributed by atoms with E-state index < -0.39 is 16.0 Å². The molecule has 1 atom stereocenters. The molecule has 2 rings (SSSR count). The molecule has 0 bridgehead atoms. The number of carbonyl (C=O) groups excluding carboxylic acids is 1. The van der Waals surface area contributed by atoms with Crippen LogP contribution in [0, 0.1) is 0 Å². The molecule has 0 aromatic heterocycles. The monoisotopic (exact) mass is 435 g/mol. The van der Waals surface area contributed by atoms with Crippen LogP contribution in [0.2, 0.25) is 0 Å². The summed E-state index contributed by atoms with van der Waals surface area (Å²) in [5.74, 6) is 0. The van der Waals surface area contributed by atoms with Crippen LogP contribution in [0.1, 0.15) is 0 Å². The molecule has 0 saturated heterocycles. The van der Waals surface area contributed by atoms with E-state index in [0.29, 0.717) is 11.4 Å². The van der Waals surface area contributed by atoms with Crippen LogP contribution in [-0.2, 0) is 0 Å². The third-order valence-electron chi connectivity index (χ3n) is 2.79. The average molecular weight is 438 g/mol. The minimum atomic E-state index is -1.74. The molecular formula is C15H13BrCl3N3O. The third-order valence-corrected chi connectivity index (χ3v) is 3.97. The number of alkyl halides is 3. The largest absolute Gasteiger partial charge is 0.362 e. The normalized spacial score (nSPS) is 12.3. The van der Waals surface area contributed by atoms with Crippen LogP contribution < -0.4 is 16.0 Å². The van der Waals surface area contributed by atoms with E-state index in [0.717, 1.165) is 4.47 Å². The summed E-state index contributed by atoms with van der Waals surface area (Å²) in [4.78, 5) is 12.1. The van der Waals surface area contributed by atoms with Crippen molar-refractivity contribution in [2.45, 2.75) is 9.96 Å². The number of hydrogen-bond donors (Lipinski definition) is 3. The highest BCUT2D eigenvalue weighted by atomic mass is 79.9. The lowest BCUT2D eigenvalue weighted by Gasteiger charge is -2.27. The highest BCUT2D eigenvalue weighted by Crippen LogP contribution is 2.31. The van der Waals surface area contributed by atoms with Gasteiger partial charge < -0.3 is 16.0 Å². The highest BCUT2D eigenvalue weighted by Gasteiger charge is 2.34. The maximum atomic E-state index is 12.1. The van der Waals surface area contributed by atoms with Crippen molar-refractivity contribution in [1.82, 2.24) is 5.32 Å². The summed E-state index contributed by atoms with van der Waals surface area (Å²) in [7, 11) is 0. The smallest absolute Gasteiger partial charge is 0.320 e. The molecule has 0 unspecified atom stereocenters. The topological polar surface area (TPSA) is 53.2 Å². The molecule has 122 valence electrons. The van der Waals surface area contributed by atoms with E-state index in [-0.39, 0.29) is 0 Å². The van der Waals surface area contributed by atoms with Crippen LogP contribution in [0.25, 0.3) is 0 Å². The van der Waals surface area contributed by atoms with E-state index in [9.17, 15) is 4.79 Å². The number of halogens is 4. The van der Waals surface area contributed by atoms with Gasteiger partial charge >= 0.3 is 6.03 Å². The average Bonchev–Trinajstić information content (AvgIpc) is 2.49. The Morgan fingerprint density at radius 3 is 2.13 bits per heavy atom. The first-order valence-corrected chi connectivity index (χ1v) is 8.49. The number of rotatable bonds is 4. The molecule has 0 aliphatic rings. The minimum Gasteiger partial charge on any atom is -0.362 e. The van der Waals surface area contributed by atoms with E-state index in [2.05, 4.69) is 31.9 Å². The standard InChI is InChI=1S/C15H13BrCl3N3O/c16-10-6-8-12(9-7-10)20-13(15(17,18)19)22-14(23)21-11-4-2-1-3-5-11/h1-9,13,20H,(H2,21,22,23)/t13-/m1/s1. The number of anilines is 2. The van der Waals surface area contributed by atoms with Crippen molar-refractivity contribution in [3.8, 4) is 0 Å². The van der Waals surface area contributed by atoms with Crippen LogP contribution in [-0.4, -0.2) is 16.0 Å². The Morgan fingerprint density at radius 1 is 0.957 bits per heavy atom. The van der Waals surface area contributed by atoms with Crippen molar-refractivity contribution in [1.29, 1.82) is 0 Å². The van der Waals surface area contributed by atoms with Crippen LogP contribution in [0.3, 0.4) is 0 Å². The van der Waals surface area contributed by atoms with Crippen LogP contribution >= 0.6 is 50.7 Å². The summed E-state index contributed by atoms with van der Waals surface area (Å²) in [5.41, 5.74) is 1.33. The van der Waals surface area contributed by atoms with Crippen LogP contribution in [0.4, 0.5) is 16.2 Å². The van der Waals surface area contributed by atoms with Crippen molar-refractivity contribution >= 4 is 68.1 Å². The van der Waals surface area contributed by atoms with Crippen LogP contribution in [0.5, 0.6) is 0 Å². The molecule has 2 amide bonds. The van der Waals surface area contributed by atoms with Gasteiger partial charge in [0.05, 0.1) is 0 Å². The second-order valence-electron chi connectivity index (χ2n) is 4.59. The van der Waals surface area contributed by atoms with E-state index in [1.165, 1.54) is 0 Å². The molecule has 2 aromatic carbocycles. The first kappa shape index (κ1) is 18.2. The maximum Gasteiger partial charge on any atom is 0.320 e. The lowest BCUT2D eigenvalue weighted by atomic mass is 10.3. The van der Waals surface area contributed by atoms with Crippen molar-refractivity contribution in [3.05, 3.63) is 59.1 Å². The van der Waals surface area contributed by atoms with Gasteiger partial charge in [-0.15, -0.1) is 0 Å². The molecule has 2 aromatic rings. The van der Waals surface area contributed by atoms with Gasteiger partial charge in [-0.2, -0.15) is 0 Å². The van der Waals surface area contributed by atoms with E-state index >= 15 is 0 Å². The van der Waals surface area contributed by atoms with Crippen molar-refractivity contribution < 1.29 is 4.79 Å². The van der Waals surface area contributed by atoms with Crippen LogP contribution in [0.15, 0.2) is 59.1 Å². The summed E-state index contributed by atoms with van der Waals surface area (Å²) in [6, 6.07) is 15.8. The molecule has 23 heavy (non-hydrogen) atoms. The third kappa shape index (κ3) is 6.11. The zero-order valence-electron chi connectivity index (χ0n) is 11.7. The predicted molar refractivity (Wildman–Crippen MR) is 100 cm³/mol. The van der Waals surface area contributed by atoms with Gasteiger partial charge in [-0.1, -0.05) is 68.9 Å². The Balaban J connectivity index is 2.04. The number of carbonyl (C=O) groups is 1. The highest BCUT2D eigenvalue weighted by molar-refractivity contribution is 9.10. The van der Waals surface area contributed by atoms with E-state index in [1.807, 2.05) is 30.3 Å². The quantitative estimate of drug-likeness (QED) is 0.444. The van der Waals surface area contributed by atoms with Crippen molar-refractivity contribution in [3.63, 3.8) is 0 Å². The summed E-state index contributed by atoms with van der Waals surface area (Å²) >= 11 is 21.2. The molecule has 4 nitrogen and oxygen atoms in total. The molecule has 0 heterocycles. The fourth-order valence-corrected chi connectivity index (χ4v) is 2.32. The second-order valence-corrected chi connectivity index (χ2v) is 7.87. The van der Waals surface area contributed by atoms with Gasteiger partial charge in [-0.25, -0.2) is 4.79 Å². The molecule has 0 spiro atoms. The lowest BCUT2D eigenvalue weighted by Crippen LogP contribution is -2.50. The Bertz CT molecular complexity index is 647. The number of amides is 2. The number of urea groups is 1.